The van der Waals surface area contributed by atoms with E-state index in [-0.39, 0.29) is 0 Å². The predicted molar refractivity (Wildman–Crippen MR) is 145 cm³/mol. The molecule has 1 amide bonds. The highest BCUT2D eigenvalue weighted by Crippen LogP contribution is 2.35. The number of hydrogen-bond acceptors (Lipinski definition) is 8. The smallest absolute Gasteiger partial charge is 0.248 e. The molecule has 1 aliphatic heterocycles. The molecule has 2 N–H and O–H groups in total. The van der Waals surface area contributed by atoms with Crippen molar-refractivity contribution in [3.63, 3.8) is 0 Å². The second-order valence-electron chi connectivity index (χ2n) is 9.30. The quantitative estimate of drug-likeness (QED) is 0.468. The molecule has 3 aromatic rings. The van der Waals surface area contributed by atoms with Gasteiger partial charge in [-0.25, -0.2) is 4.98 Å². The molecule has 0 bridgehead atoms. The Hall–Kier alpha value is -3.30. The van der Waals surface area contributed by atoms with E-state index in [2.05, 4.69) is 51.7 Å². The highest BCUT2D eigenvalue weighted by atomic mass is 32.2. The summed E-state index contributed by atoms with van der Waals surface area (Å²) < 4.78 is 6.28. The Morgan fingerprint density at radius 2 is 1.83 bits per heavy atom. The summed E-state index contributed by atoms with van der Waals surface area (Å²) in [5.74, 6) is 0.787. The Labute approximate surface area is 217 Å². The molecule has 36 heavy (non-hydrogen) atoms. The Morgan fingerprint density at radius 3 is 2.47 bits per heavy atom. The highest BCUT2D eigenvalue weighted by molar-refractivity contribution is 7.99. The Morgan fingerprint density at radius 1 is 1.11 bits per heavy atom. The molecule has 2 aromatic carbocycles. The summed E-state index contributed by atoms with van der Waals surface area (Å²) in [6.07, 6.45) is 1.83. The lowest BCUT2D eigenvalue weighted by atomic mass is 10.2. The fourth-order valence-corrected chi connectivity index (χ4v) is 4.82. The van der Waals surface area contributed by atoms with Crippen LogP contribution >= 0.6 is 11.8 Å². The van der Waals surface area contributed by atoms with Gasteiger partial charge >= 0.3 is 0 Å². The van der Waals surface area contributed by atoms with Gasteiger partial charge in [-0.1, -0.05) is 23.9 Å². The molecular formula is C27H34N6O2S. The number of amides is 1. The van der Waals surface area contributed by atoms with E-state index in [4.69, 9.17) is 15.5 Å². The molecule has 190 valence electrons. The normalized spacial score (nSPS) is 14.2. The number of aromatic nitrogens is 2. The van der Waals surface area contributed by atoms with Crippen LogP contribution in [0.25, 0.3) is 0 Å². The van der Waals surface area contributed by atoms with Gasteiger partial charge in [-0.3, -0.25) is 9.69 Å². The SMILES string of the molecule is CC(C)N1CCN(c2ncc(Sc3ccc(C(N)=O)cc3)c(OCc3cccc(N(C)C)c3)n2)CC1. The minimum atomic E-state index is -0.444. The first-order valence-electron chi connectivity index (χ1n) is 12.1. The Kier molecular flexibility index (Phi) is 8.32. The number of primary amides is 1. The summed E-state index contributed by atoms with van der Waals surface area (Å²) in [5.41, 5.74) is 8.04. The van der Waals surface area contributed by atoms with Gasteiger partial charge in [0.2, 0.25) is 17.7 Å². The molecule has 0 radical (unpaired) electrons. The second kappa shape index (κ2) is 11.6. The maximum Gasteiger partial charge on any atom is 0.248 e. The Balaban J connectivity index is 1.56. The summed E-state index contributed by atoms with van der Waals surface area (Å²) in [6.45, 7) is 8.58. The van der Waals surface area contributed by atoms with E-state index in [0.717, 1.165) is 47.2 Å². The van der Waals surface area contributed by atoms with Crippen molar-refractivity contribution in [2.45, 2.75) is 36.3 Å². The van der Waals surface area contributed by atoms with Crippen molar-refractivity contribution < 1.29 is 9.53 Å². The van der Waals surface area contributed by atoms with E-state index in [9.17, 15) is 4.79 Å². The second-order valence-corrected chi connectivity index (χ2v) is 10.4. The van der Waals surface area contributed by atoms with Gasteiger partial charge in [0, 0.05) is 62.5 Å². The summed E-state index contributed by atoms with van der Waals surface area (Å²) in [5, 5.41) is 0. The Bertz CT molecular complexity index is 1180. The van der Waals surface area contributed by atoms with E-state index in [1.807, 2.05) is 38.5 Å². The third kappa shape index (κ3) is 6.47. The van der Waals surface area contributed by atoms with Crippen LogP contribution < -0.4 is 20.3 Å². The van der Waals surface area contributed by atoms with Crippen molar-refractivity contribution in [2.75, 3.05) is 50.1 Å². The topological polar surface area (TPSA) is 87.8 Å². The minimum absolute atomic E-state index is 0.396. The molecule has 1 saturated heterocycles. The van der Waals surface area contributed by atoms with Crippen molar-refractivity contribution in [3.05, 3.63) is 65.9 Å². The van der Waals surface area contributed by atoms with Crippen molar-refractivity contribution in [1.82, 2.24) is 14.9 Å². The third-order valence-corrected chi connectivity index (χ3v) is 7.21. The summed E-state index contributed by atoms with van der Waals surface area (Å²) >= 11 is 1.50. The molecule has 0 unspecified atom stereocenters. The molecule has 1 aromatic heterocycles. The van der Waals surface area contributed by atoms with Gasteiger partial charge in [-0.2, -0.15) is 4.98 Å². The van der Waals surface area contributed by atoms with Gasteiger partial charge in [-0.15, -0.1) is 0 Å². The van der Waals surface area contributed by atoms with Crippen molar-refractivity contribution in [2.24, 2.45) is 5.73 Å². The lowest BCUT2D eigenvalue weighted by molar-refractivity contribution is 0.1000. The zero-order valence-electron chi connectivity index (χ0n) is 21.3. The first-order valence-corrected chi connectivity index (χ1v) is 12.9. The van der Waals surface area contributed by atoms with Crippen LogP contribution in [0.3, 0.4) is 0 Å². The lowest BCUT2D eigenvalue weighted by Crippen LogP contribution is -2.49. The molecule has 0 spiro atoms. The molecule has 0 atom stereocenters. The molecule has 8 nitrogen and oxygen atoms in total. The molecule has 2 heterocycles. The third-order valence-electron chi connectivity index (χ3n) is 6.21. The fraction of sp³-hybridized carbons (Fsp3) is 0.370. The van der Waals surface area contributed by atoms with Gasteiger partial charge < -0.3 is 20.3 Å². The number of ether oxygens (including phenoxy) is 1. The number of rotatable bonds is 9. The van der Waals surface area contributed by atoms with Gasteiger partial charge in [0.05, 0.1) is 11.1 Å². The maximum absolute atomic E-state index is 11.4. The summed E-state index contributed by atoms with van der Waals surface area (Å²) in [7, 11) is 4.04. The standard InChI is InChI=1S/C27H34N6O2S/c1-19(2)32-12-14-33(15-13-32)27-29-17-24(36-23-10-8-21(9-11-23)25(28)34)26(30-27)35-18-20-6-5-7-22(16-20)31(3)4/h5-11,16-17,19H,12-15,18H2,1-4H3,(H2,28,34). The van der Waals surface area contributed by atoms with Crippen LogP contribution in [0.4, 0.5) is 11.6 Å². The number of nitrogens with zero attached hydrogens (tertiary/aromatic N) is 5. The molecule has 9 heteroatoms. The van der Waals surface area contributed by atoms with Crippen molar-refractivity contribution in [1.29, 1.82) is 0 Å². The van der Waals surface area contributed by atoms with Crippen molar-refractivity contribution in [3.8, 4) is 5.88 Å². The van der Waals surface area contributed by atoms with Crippen LogP contribution in [-0.4, -0.2) is 67.1 Å². The van der Waals surface area contributed by atoms with Gasteiger partial charge in [0.1, 0.15) is 6.61 Å². The summed E-state index contributed by atoms with van der Waals surface area (Å²) in [6, 6.07) is 16.0. The van der Waals surface area contributed by atoms with Crippen LogP contribution in [0.5, 0.6) is 5.88 Å². The largest absolute Gasteiger partial charge is 0.472 e. The van der Waals surface area contributed by atoms with E-state index in [0.29, 0.717) is 30.0 Å². The number of piperazine rings is 1. The molecule has 4 rings (SSSR count). The first-order chi connectivity index (χ1) is 17.3. The number of carbonyl (C=O) groups excluding carboxylic acids is 1. The zero-order chi connectivity index (χ0) is 25.7. The van der Waals surface area contributed by atoms with Crippen LogP contribution in [-0.2, 0) is 6.61 Å². The van der Waals surface area contributed by atoms with Crippen LogP contribution in [0.1, 0.15) is 29.8 Å². The minimum Gasteiger partial charge on any atom is -0.472 e. The predicted octanol–water partition coefficient (Wildman–Crippen LogP) is 3.90. The molecule has 0 saturated carbocycles. The monoisotopic (exact) mass is 506 g/mol. The highest BCUT2D eigenvalue weighted by Gasteiger charge is 2.22. The van der Waals surface area contributed by atoms with E-state index in [1.165, 1.54) is 11.8 Å². The lowest BCUT2D eigenvalue weighted by Gasteiger charge is -2.36. The molecular weight excluding hydrogens is 472 g/mol. The van der Waals surface area contributed by atoms with E-state index >= 15 is 0 Å². The van der Waals surface area contributed by atoms with Gasteiger partial charge in [-0.05, 0) is 55.8 Å². The maximum atomic E-state index is 11.4. The first kappa shape index (κ1) is 25.8. The van der Waals surface area contributed by atoms with E-state index < -0.39 is 5.91 Å². The average Bonchev–Trinajstić information content (AvgIpc) is 2.88. The van der Waals surface area contributed by atoms with Crippen LogP contribution in [0.15, 0.2) is 64.5 Å². The average molecular weight is 507 g/mol. The van der Waals surface area contributed by atoms with Crippen LogP contribution in [0, 0.1) is 0 Å². The van der Waals surface area contributed by atoms with Crippen LogP contribution in [0.2, 0.25) is 0 Å². The molecule has 0 aliphatic carbocycles. The van der Waals surface area contributed by atoms with Gasteiger partial charge in [0.15, 0.2) is 0 Å². The number of carbonyl (C=O) groups is 1. The molecule has 1 aliphatic rings. The van der Waals surface area contributed by atoms with E-state index in [1.54, 1.807) is 12.1 Å². The number of benzene rings is 2. The number of hydrogen-bond donors (Lipinski definition) is 1. The number of nitrogens with two attached hydrogens (primary N) is 1. The van der Waals surface area contributed by atoms with Gasteiger partial charge in [0.25, 0.3) is 0 Å². The molecule has 1 fully saturated rings. The fourth-order valence-electron chi connectivity index (χ4n) is 4.00. The zero-order valence-corrected chi connectivity index (χ0v) is 22.2. The van der Waals surface area contributed by atoms with Crippen molar-refractivity contribution >= 4 is 29.3 Å². The summed E-state index contributed by atoms with van der Waals surface area (Å²) in [4.78, 5) is 29.5. The number of anilines is 2.